The van der Waals surface area contributed by atoms with Crippen molar-refractivity contribution in [3.8, 4) is 0 Å². The van der Waals surface area contributed by atoms with E-state index in [0.29, 0.717) is 70.7 Å². The summed E-state index contributed by atoms with van der Waals surface area (Å²) in [4.78, 5) is 42.3. The molecule has 3 heterocycles. The van der Waals surface area contributed by atoms with E-state index in [4.69, 9.17) is 10.5 Å². The Bertz CT molecular complexity index is 989. The van der Waals surface area contributed by atoms with Gasteiger partial charge in [-0.3, -0.25) is 14.4 Å². The molecular formula is C30H44N4O4. The van der Waals surface area contributed by atoms with E-state index in [-0.39, 0.29) is 29.7 Å². The zero-order chi connectivity index (χ0) is 27.1. The van der Waals surface area contributed by atoms with Crippen molar-refractivity contribution in [3.63, 3.8) is 0 Å². The van der Waals surface area contributed by atoms with Gasteiger partial charge in [-0.05, 0) is 50.0 Å². The van der Waals surface area contributed by atoms with Crippen LogP contribution < -0.4 is 16.4 Å². The summed E-state index contributed by atoms with van der Waals surface area (Å²) in [5.41, 5.74) is 6.65. The third-order valence-corrected chi connectivity index (χ3v) is 8.37. The maximum atomic E-state index is 13.7. The monoisotopic (exact) mass is 524 g/mol. The van der Waals surface area contributed by atoms with Crippen molar-refractivity contribution in [2.75, 3.05) is 26.3 Å². The molecule has 4 rings (SSSR count). The van der Waals surface area contributed by atoms with E-state index in [0.717, 1.165) is 12.0 Å². The summed E-state index contributed by atoms with van der Waals surface area (Å²) < 4.78 is 5.58. The number of nitrogens with zero attached hydrogens (tertiary/aromatic N) is 1. The second-order valence-electron chi connectivity index (χ2n) is 11.7. The van der Waals surface area contributed by atoms with Crippen molar-refractivity contribution < 1.29 is 19.1 Å². The van der Waals surface area contributed by atoms with E-state index in [1.807, 2.05) is 35.2 Å². The van der Waals surface area contributed by atoms with Crippen molar-refractivity contribution in [1.29, 1.82) is 0 Å². The zero-order valence-corrected chi connectivity index (χ0v) is 22.9. The van der Waals surface area contributed by atoms with Crippen LogP contribution in [0.4, 0.5) is 0 Å². The van der Waals surface area contributed by atoms with E-state index in [1.54, 1.807) is 0 Å². The van der Waals surface area contributed by atoms with Gasteiger partial charge in [-0.25, -0.2) is 0 Å². The summed E-state index contributed by atoms with van der Waals surface area (Å²) in [5.74, 6) is 0.189. The van der Waals surface area contributed by atoms with E-state index >= 15 is 0 Å². The number of fused-ring (bicyclic) bond motifs is 1. The van der Waals surface area contributed by atoms with Gasteiger partial charge in [0, 0.05) is 44.7 Å². The number of likely N-dealkylation sites (tertiary alicyclic amines) is 1. The molecule has 0 unspecified atom stereocenters. The SMILES string of the molecule is CC(C)C[C@H](N)C(=O)N1CC[C@@H]2NC(=O)[C@@H](Cc3ccccc3)NC(=O)C3(C/C=C/C[C@H]2C1)CCOCC3. The second-order valence-corrected chi connectivity index (χ2v) is 11.7. The lowest BCUT2D eigenvalue weighted by Crippen LogP contribution is -2.59. The van der Waals surface area contributed by atoms with Gasteiger partial charge in [0.15, 0.2) is 0 Å². The first-order valence-electron chi connectivity index (χ1n) is 14.2. The summed E-state index contributed by atoms with van der Waals surface area (Å²) in [6.45, 7) is 6.35. The highest BCUT2D eigenvalue weighted by molar-refractivity contribution is 5.90. The lowest BCUT2D eigenvalue weighted by atomic mass is 9.75. The molecule has 0 aromatic heterocycles. The molecule has 0 saturated carbocycles. The predicted molar refractivity (Wildman–Crippen MR) is 147 cm³/mol. The van der Waals surface area contributed by atoms with Gasteiger partial charge in [0.2, 0.25) is 17.7 Å². The van der Waals surface area contributed by atoms with Crippen LogP contribution in [-0.2, 0) is 25.5 Å². The molecule has 0 aliphatic carbocycles. The molecule has 3 amide bonds. The van der Waals surface area contributed by atoms with Crippen molar-refractivity contribution >= 4 is 17.7 Å². The van der Waals surface area contributed by atoms with Gasteiger partial charge in [-0.15, -0.1) is 0 Å². The summed E-state index contributed by atoms with van der Waals surface area (Å²) in [7, 11) is 0. The zero-order valence-electron chi connectivity index (χ0n) is 22.9. The normalized spacial score (nSPS) is 27.9. The Kier molecular flexibility index (Phi) is 9.60. The summed E-state index contributed by atoms with van der Waals surface area (Å²) in [5, 5.41) is 6.39. The van der Waals surface area contributed by atoms with Gasteiger partial charge in [0.05, 0.1) is 11.5 Å². The van der Waals surface area contributed by atoms with Crippen LogP contribution >= 0.6 is 0 Å². The number of nitrogens with two attached hydrogens (primary N) is 1. The standard InChI is InChI=1S/C30H44N4O4/c1-21(2)18-24(31)28(36)34-15-11-25-23(20-34)10-6-7-12-30(13-16-38-17-14-30)29(37)33-26(27(35)32-25)19-22-8-4-3-5-9-22/h3-9,21,23-26H,10-20,31H2,1-2H3,(H,32,35)(H,33,37)/b7-6+/t23-,24-,25-,26+/m0/s1. The summed E-state index contributed by atoms with van der Waals surface area (Å²) in [6, 6.07) is 8.55. The molecule has 1 aromatic carbocycles. The fourth-order valence-electron chi connectivity index (χ4n) is 6.02. The highest BCUT2D eigenvalue weighted by atomic mass is 16.5. The van der Waals surface area contributed by atoms with Crippen molar-refractivity contribution in [3.05, 3.63) is 48.0 Å². The van der Waals surface area contributed by atoms with Crippen LogP contribution in [0.3, 0.4) is 0 Å². The van der Waals surface area contributed by atoms with Crippen LogP contribution in [0.2, 0.25) is 0 Å². The van der Waals surface area contributed by atoms with E-state index in [1.165, 1.54) is 0 Å². The van der Waals surface area contributed by atoms with Crippen LogP contribution in [-0.4, -0.2) is 67.1 Å². The molecule has 2 saturated heterocycles. The van der Waals surface area contributed by atoms with E-state index in [9.17, 15) is 14.4 Å². The number of rotatable bonds is 5. The molecule has 4 atom stereocenters. The second kappa shape index (κ2) is 12.9. The number of nitrogens with one attached hydrogen (secondary N) is 2. The lowest BCUT2D eigenvalue weighted by Gasteiger charge is -2.41. The molecule has 0 radical (unpaired) electrons. The molecule has 8 nitrogen and oxygen atoms in total. The topological polar surface area (TPSA) is 114 Å². The molecule has 1 spiro atoms. The van der Waals surface area contributed by atoms with Crippen LogP contribution in [0.5, 0.6) is 0 Å². The minimum absolute atomic E-state index is 0.00560. The third kappa shape index (κ3) is 7.03. The highest BCUT2D eigenvalue weighted by Crippen LogP contribution is 2.36. The molecule has 3 aliphatic heterocycles. The average Bonchev–Trinajstić information content (AvgIpc) is 2.91. The number of hydrogen-bond donors (Lipinski definition) is 3. The first-order chi connectivity index (χ1) is 18.3. The van der Waals surface area contributed by atoms with Crippen molar-refractivity contribution in [2.45, 2.75) is 76.9 Å². The Morgan fingerprint density at radius 2 is 1.87 bits per heavy atom. The predicted octanol–water partition coefficient (Wildman–Crippen LogP) is 2.57. The van der Waals surface area contributed by atoms with Gasteiger partial charge < -0.3 is 26.0 Å². The number of allylic oxidation sites excluding steroid dienone is 2. The third-order valence-electron chi connectivity index (χ3n) is 8.37. The van der Waals surface area contributed by atoms with Gasteiger partial charge >= 0.3 is 0 Å². The average molecular weight is 525 g/mol. The molecule has 2 fully saturated rings. The van der Waals surface area contributed by atoms with Gasteiger partial charge in [-0.2, -0.15) is 0 Å². The smallest absolute Gasteiger partial charge is 0.243 e. The first kappa shape index (κ1) is 28.3. The Morgan fingerprint density at radius 3 is 2.58 bits per heavy atom. The summed E-state index contributed by atoms with van der Waals surface area (Å²) >= 11 is 0. The lowest BCUT2D eigenvalue weighted by molar-refractivity contribution is -0.140. The van der Waals surface area contributed by atoms with Gasteiger partial charge in [0.25, 0.3) is 0 Å². The molecule has 1 aromatic rings. The number of piperidine rings is 1. The molecule has 4 N–H and O–H groups in total. The van der Waals surface area contributed by atoms with Gasteiger partial charge in [-0.1, -0.05) is 56.3 Å². The van der Waals surface area contributed by atoms with Crippen molar-refractivity contribution in [2.24, 2.45) is 23.0 Å². The first-order valence-corrected chi connectivity index (χ1v) is 14.2. The maximum absolute atomic E-state index is 13.7. The highest BCUT2D eigenvalue weighted by Gasteiger charge is 2.42. The van der Waals surface area contributed by atoms with Crippen molar-refractivity contribution in [1.82, 2.24) is 15.5 Å². The minimum Gasteiger partial charge on any atom is -0.381 e. The number of amides is 3. The molecule has 8 heteroatoms. The fourth-order valence-corrected chi connectivity index (χ4v) is 6.02. The fraction of sp³-hybridized carbons (Fsp3) is 0.633. The quantitative estimate of drug-likeness (QED) is 0.513. The van der Waals surface area contributed by atoms with E-state index < -0.39 is 17.5 Å². The van der Waals surface area contributed by atoms with Crippen LogP contribution in [0, 0.1) is 17.3 Å². The Labute approximate surface area is 226 Å². The van der Waals surface area contributed by atoms with Gasteiger partial charge in [0.1, 0.15) is 6.04 Å². The number of hydrogen-bond acceptors (Lipinski definition) is 5. The van der Waals surface area contributed by atoms with Crippen LogP contribution in [0.1, 0.15) is 57.9 Å². The molecule has 0 bridgehead atoms. The number of ether oxygens (including phenoxy) is 1. The number of benzene rings is 1. The number of carbonyl (C=O) groups excluding carboxylic acids is 3. The molecule has 3 aliphatic rings. The molecular weight excluding hydrogens is 480 g/mol. The number of carbonyl (C=O) groups is 3. The summed E-state index contributed by atoms with van der Waals surface area (Å²) in [6.07, 6.45) is 8.59. The van der Waals surface area contributed by atoms with Crippen LogP contribution in [0.15, 0.2) is 42.5 Å². The maximum Gasteiger partial charge on any atom is 0.243 e. The van der Waals surface area contributed by atoms with E-state index in [2.05, 4.69) is 36.6 Å². The molecule has 208 valence electrons. The largest absolute Gasteiger partial charge is 0.381 e. The Balaban J connectivity index is 1.56. The minimum atomic E-state index is -0.673. The Hall–Kier alpha value is -2.71. The Morgan fingerprint density at radius 1 is 1.13 bits per heavy atom. The molecule has 38 heavy (non-hydrogen) atoms. The van der Waals surface area contributed by atoms with Crippen LogP contribution in [0.25, 0.3) is 0 Å².